The second-order valence-electron chi connectivity index (χ2n) is 4.33. The molecule has 0 fully saturated rings. The summed E-state index contributed by atoms with van der Waals surface area (Å²) in [5.41, 5.74) is 4.86. The molecule has 1 atom stereocenters. The summed E-state index contributed by atoms with van der Waals surface area (Å²) in [4.78, 5) is 11.7. The number of rotatable bonds is 0. The first-order valence-electron chi connectivity index (χ1n) is 5.24. The Kier molecular flexibility index (Phi) is 2.18. The lowest BCUT2D eigenvalue weighted by Gasteiger charge is -2.24. The molecule has 0 spiro atoms. The van der Waals surface area contributed by atoms with Crippen LogP contribution in [0.2, 0.25) is 0 Å². The van der Waals surface area contributed by atoms with E-state index >= 15 is 0 Å². The summed E-state index contributed by atoms with van der Waals surface area (Å²) in [6.07, 6.45) is 1.73. The molecule has 1 unspecified atom stereocenters. The quantitative estimate of drug-likeness (QED) is 0.610. The van der Waals surface area contributed by atoms with Crippen molar-refractivity contribution in [3.63, 3.8) is 0 Å². The van der Waals surface area contributed by atoms with Gasteiger partial charge in [0.15, 0.2) is 5.78 Å². The highest BCUT2D eigenvalue weighted by atomic mass is 16.1. The largest absolute Gasteiger partial charge is 0.294 e. The van der Waals surface area contributed by atoms with Crippen LogP contribution < -0.4 is 0 Å². The highest BCUT2D eigenvalue weighted by molar-refractivity contribution is 5.99. The number of carbonyl (C=O) groups excluding carboxylic acids is 1. The molecular formula is C13H16O. The normalized spacial score (nSPS) is 20.8. The first-order valence-corrected chi connectivity index (χ1v) is 5.24. The van der Waals surface area contributed by atoms with Crippen LogP contribution in [0.3, 0.4) is 0 Å². The van der Waals surface area contributed by atoms with Gasteiger partial charge in [-0.05, 0) is 42.9 Å². The minimum Gasteiger partial charge on any atom is -0.294 e. The maximum absolute atomic E-state index is 11.7. The molecule has 14 heavy (non-hydrogen) atoms. The molecule has 0 aliphatic heterocycles. The van der Waals surface area contributed by atoms with Crippen LogP contribution in [-0.4, -0.2) is 5.78 Å². The van der Waals surface area contributed by atoms with Gasteiger partial charge in [0.05, 0.1) is 0 Å². The van der Waals surface area contributed by atoms with Crippen molar-refractivity contribution >= 4 is 5.78 Å². The fraction of sp³-hybridized carbons (Fsp3) is 0.462. The van der Waals surface area contributed by atoms with Gasteiger partial charge in [-0.15, -0.1) is 0 Å². The Balaban J connectivity index is 2.67. The monoisotopic (exact) mass is 188 g/mol. The van der Waals surface area contributed by atoms with Gasteiger partial charge in [-0.2, -0.15) is 0 Å². The van der Waals surface area contributed by atoms with Gasteiger partial charge < -0.3 is 0 Å². The van der Waals surface area contributed by atoms with Crippen molar-refractivity contribution in [2.45, 2.75) is 39.5 Å². The fourth-order valence-electron chi connectivity index (χ4n) is 2.34. The van der Waals surface area contributed by atoms with Gasteiger partial charge in [0.25, 0.3) is 0 Å². The molecule has 1 aromatic rings. The van der Waals surface area contributed by atoms with Crippen LogP contribution in [0.4, 0.5) is 0 Å². The van der Waals surface area contributed by atoms with Crippen molar-refractivity contribution in [1.82, 2.24) is 0 Å². The molecule has 1 aliphatic carbocycles. The molecule has 0 saturated heterocycles. The molecule has 0 bridgehead atoms. The topological polar surface area (TPSA) is 17.1 Å². The zero-order valence-corrected chi connectivity index (χ0v) is 9.05. The zero-order chi connectivity index (χ0) is 10.3. The highest BCUT2D eigenvalue weighted by Crippen LogP contribution is 2.34. The van der Waals surface area contributed by atoms with Crippen LogP contribution in [0.1, 0.15) is 52.7 Å². The second-order valence-corrected chi connectivity index (χ2v) is 4.33. The van der Waals surface area contributed by atoms with Crippen molar-refractivity contribution < 1.29 is 4.79 Å². The summed E-state index contributed by atoms with van der Waals surface area (Å²) in [5, 5.41) is 0. The minimum atomic E-state index is 0.321. The van der Waals surface area contributed by atoms with Gasteiger partial charge in [0, 0.05) is 12.0 Å². The molecule has 0 aromatic heterocycles. The molecule has 0 radical (unpaired) electrons. The van der Waals surface area contributed by atoms with E-state index in [2.05, 4.69) is 26.8 Å². The lowest BCUT2D eigenvalue weighted by Crippen LogP contribution is -2.15. The fourth-order valence-corrected chi connectivity index (χ4v) is 2.34. The molecule has 1 aromatic carbocycles. The first-order chi connectivity index (χ1) is 6.61. The summed E-state index contributed by atoms with van der Waals surface area (Å²) in [6, 6.07) is 4.06. The van der Waals surface area contributed by atoms with Gasteiger partial charge in [-0.1, -0.05) is 19.1 Å². The SMILES string of the molecule is Cc1ccc2c(c1C)C(C)CCC2=O. The number of fused-ring (bicyclic) bond motifs is 1. The van der Waals surface area contributed by atoms with Crippen LogP contribution in [0.5, 0.6) is 0 Å². The van der Waals surface area contributed by atoms with Gasteiger partial charge in [-0.25, -0.2) is 0 Å². The summed E-state index contributed by atoms with van der Waals surface area (Å²) < 4.78 is 0. The first kappa shape index (κ1) is 9.45. The Morgan fingerprint density at radius 2 is 2.00 bits per heavy atom. The Morgan fingerprint density at radius 1 is 1.29 bits per heavy atom. The number of benzene rings is 1. The predicted molar refractivity (Wildman–Crippen MR) is 57.9 cm³/mol. The summed E-state index contributed by atoms with van der Waals surface area (Å²) in [6.45, 7) is 6.46. The summed E-state index contributed by atoms with van der Waals surface area (Å²) in [5.74, 6) is 0.865. The van der Waals surface area contributed by atoms with E-state index in [1.165, 1.54) is 16.7 Å². The Labute approximate surface area is 85.1 Å². The molecule has 2 rings (SSSR count). The van der Waals surface area contributed by atoms with E-state index in [4.69, 9.17) is 0 Å². The predicted octanol–water partition coefficient (Wildman–Crippen LogP) is 3.38. The van der Waals surface area contributed by atoms with Crippen LogP contribution in [-0.2, 0) is 0 Å². The van der Waals surface area contributed by atoms with Crippen LogP contribution in [0.15, 0.2) is 12.1 Å². The number of carbonyl (C=O) groups is 1. The number of Topliss-reactive ketones (excluding diaryl/α,β-unsaturated/α-hetero) is 1. The minimum absolute atomic E-state index is 0.321. The van der Waals surface area contributed by atoms with E-state index in [-0.39, 0.29) is 0 Å². The smallest absolute Gasteiger partial charge is 0.163 e. The number of ketones is 1. The molecule has 1 aliphatic rings. The van der Waals surface area contributed by atoms with E-state index < -0.39 is 0 Å². The third-order valence-electron chi connectivity index (χ3n) is 3.38. The van der Waals surface area contributed by atoms with Gasteiger partial charge in [0.1, 0.15) is 0 Å². The average molecular weight is 188 g/mol. The molecule has 74 valence electrons. The van der Waals surface area contributed by atoms with E-state index in [0.717, 1.165) is 18.4 Å². The van der Waals surface area contributed by atoms with Crippen molar-refractivity contribution in [3.05, 3.63) is 34.4 Å². The maximum atomic E-state index is 11.7. The Hall–Kier alpha value is -1.11. The molecule has 1 nitrogen and oxygen atoms in total. The second kappa shape index (κ2) is 3.23. The highest BCUT2D eigenvalue weighted by Gasteiger charge is 2.24. The van der Waals surface area contributed by atoms with Crippen molar-refractivity contribution in [2.24, 2.45) is 0 Å². The summed E-state index contributed by atoms with van der Waals surface area (Å²) >= 11 is 0. The Morgan fingerprint density at radius 3 is 2.71 bits per heavy atom. The van der Waals surface area contributed by atoms with Crippen LogP contribution in [0.25, 0.3) is 0 Å². The van der Waals surface area contributed by atoms with E-state index in [1.54, 1.807) is 0 Å². The van der Waals surface area contributed by atoms with Crippen molar-refractivity contribution in [2.75, 3.05) is 0 Å². The maximum Gasteiger partial charge on any atom is 0.163 e. The molecule has 0 N–H and O–H groups in total. The molecule has 0 amide bonds. The van der Waals surface area contributed by atoms with E-state index in [9.17, 15) is 4.79 Å². The standard InChI is InChI=1S/C13H16O/c1-8-4-6-11-12(14)7-5-9(2)13(11)10(8)3/h4,6,9H,5,7H2,1-3H3. The van der Waals surface area contributed by atoms with Gasteiger partial charge in [0.2, 0.25) is 0 Å². The number of aryl methyl sites for hydroxylation is 1. The molecular weight excluding hydrogens is 172 g/mol. The van der Waals surface area contributed by atoms with E-state index in [1.807, 2.05) is 6.07 Å². The molecule has 1 heteroatoms. The Bertz CT molecular complexity index is 390. The third kappa shape index (κ3) is 1.28. The van der Waals surface area contributed by atoms with Crippen molar-refractivity contribution in [1.29, 1.82) is 0 Å². The lowest BCUT2D eigenvalue weighted by atomic mass is 9.79. The molecule has 0 heterocycles. The summed E-state index contributed by atoms with van der Waals surface area (Å²) in [7, 11) is 0. The van der Waals surface area contributed by atoms with Crippen LogP contribution >= 0.6 is 0 Å². The third-order valence-corrected chi connectivity index (χ3v) is 3.38. The van der Waals surface area contributed by atoms with Crippen molar-refractivity contribution in [3.8, 4) is 0 Å². The zero-order valence-electron chi connectivity index (χ0n) is 9.05. The lowest BCUT2D eigenvalue weighted by molar-refractivity contribution is 0.0968. The van der Waals surface area contributed by atoms with Gasteiger partial charge >= 0.3 is 0 Å². The average Bonchev–Trinajstić information content (AvgIpc) is 2.16. The number of hydrogen-bond acceptors (Lipinski definition) is 1. The van der Waals surface area contributed by atoms with E-state index in [0.29, 0.717) is 11.7 Å². The molecule has 0 saturated carbocycles. The van der Waals surface area contributed by atoms with Crippen LogP contribution in [0, 0.1) is 13.8 Å². The number of hydrogen-bond donors (Lipinski definition) is 0. The van der Waals surface area contributed by atoms with Gasteiger partial charge in [-0.3, -0.25) is 4.79 Å².